The number of hydrogen-bond acceptors (Lipinski definition) is 4. The zero-order chi connectivity index (χ0) is 16.9. The van der Waals surface area contributed by atoms with Crippen molar-refractivity contribution in [2.45, 2.75) is 6.42 Å². The van der Waals surface area contributed by atoms with Crippen LogP contribution in [-0.2, 0) is 6.42 Å². The van der Waals surface area contributed by atoms with Crippen molar-refractivity contribution in [1.82, 2.24) is 10.3 Å². The summed E-state index contributed by atoms with van der Waals surface area (Å²) in [5, 5.41) is 13.0. The van der Waals surface area contributed by atoms with E-state index in [1.165, 1.54) is 0 Å². The largest absolute Gasteiger partial charge is 0.508 e. The van der Waals surface area contributed by atoms with Crippen molar-refractivity contribution in [2.75, 3.05) is 13.7 Å². The predicted molar refractivity (Wildman–Crippen MR) is 92.4 cm³/mol. The molecule has 24 heavy (non-hydrogen) atoms. The van der Waals surface area contributed by atoms with Gasteiger partial charge in [-0.2, -0.15) is 0 Å². The number of hydrogen-bond donors (Lipinski definition) is 2. The molecule has 0 bridgehead atoms. The van der Waals surface area contributed by atoms with E-state index in [2.05, 4.69) is 10.3 Å². The Hall–Kier alpha value is -3.08. The van der Waals surface area contributed by atoms with Gasteiger partial charge < -0.3 is 15.2 Å². The molecule has 1 heterocycles. The van der Waals surface area contributed by atoms with Crippen molar-refractivity contribution in [1.29, 1.82) is 0 Å². The summed E-state index contributed by atoms with van der Waals surface area (Å²) in [5.41, 5.74) is 2.38. The van der Waals surface area contributed by atoms with E-state index < -0.39 is 0 Å². The molecule has 0 aliphatic rings. The maximum absolute atomic E-state index is 12.3. The lowest BCUT2D eigenvalue weighted by Gasteiger charge is -2.07. The molecule has 0 unspecified atom stereocenters. The normalized spacial score (nSPS) is 10.5. The number of aromatic nitrogens is 1. The predicted octanol–water partition coefficient (Wildman–Crippen LogP) is 2.92. The number of nitrogens with one attached hydrogen (secondary N) is 1. The van der Waals surface area contributed by atoms with Crippen molar-refractivity contribution >= 4 is 16.8 Å². The number of amides is 1. The summed E-state index contributed by atoms with van der Waals surface area (Å²) >= 11 is 0. The smallest absolute Gasteiger partial charge is 0.252 e. The number of methoxy groups -OCH3 is 1. The molecule has 5 heteroatoms. The Morgan fingerprint density at radius 2 is 1.96 bits per heavy atom. The van der Waals surface area contributed by atoms with E-state index in [-0.39, 0.29) is 11.7 Å². The minimum Gasteiger partial charge on any atom is -0.508 e. The van der Waals surface area contributed by atoms with Crippen LogP contribution in [0.2, 0.25) is 0 Å². The topological polar surface area (TPSA) is 71.5 Å². The van der Waals surface area contributed by atoms with E-state index in [1.807, 2.05) is 30.3 Å². The van der Waals surface area contributed by atoms with Gasteiger partial charge in [-0.1, -0.05) is 12.1 Å². The average Bonchev–Trinajstić information content (AvgIpc) is 2.62. The van der Waals surface area contributed by atoms with Crippen LogP contribution in [0.5, 0.6) is 11.5 Å². The van der Waals surface area contributed by atoms with Crippen LogP contribution < -0.4 is 10.1 Å². The Bertz CT molecular complexity index is 860. The molecule has 5 nitrogen and oxygen atoms in total. The minimum atomic E-state index is -0.161. The first-order valence-corrected chi connectivity index (χ1v) is 7.65. The molecule has 0 fully saturated rings. The Balaban J connectivity index is 1.65. The molecule has 0 atom stereocenters. The molecule has 0 saturated carbocycles. The van der Waals surface area contributed by atoms with Gasteiger partial charge in [-0.3, -0.25) is 9.78 Å². The van der Waals surface area contributed by atoms with Gasteiger partial charge in [0.2, 0.25) is 0 Å². The van der Waals surface area contributed by atoms with E-state index >= 15 is 0 Å². The fourth-order valence-corrected chi connectivity index (χ4v) is 2.45. The molecular formula is C19H18N2O3. The second kappa shape index (κ2) is 7.00. The summed E-state index contributed by atoms with van der Waals surface area (Å²) < 4.78 is 5.20. The fraction of sp³-hybridized carbons (Fsp3) is 0.158. The third-order valence-corrected chi connectivity index (χ3v) is 3.79. The number of aromatic hydroxyl groups is 1. The monoisotopic (exact) mass is 322 g/mol. The molecule has 0 saturated heterocycles. The number of benzene rings is 2. The Kier molecular flexibility index (Phi) is 4.61. The number of carbonyl (C=O) groups excluding carboxylic acids is 1. The number of phenols is 1. The second-order valence-electron chi connectivity index (χ2n) is 5.45. The first kappa shape index (κ1) is 15.8. The highest BCUT2D eigenvalue weighted by atomic mass is 16.5. The second-order valence-corrected chi connectivity index (χ2v) is 5.45. The Morgan fingerprint density at radius 3 is 2.71 bits per heavy atom. The summed E-state index contributed by atoms with van der Waals surface area (Å²) in [6.45, 7) is 0.514. The van der Waals surface area contributed by atoms with Gasteiger partial charge in [0, 0.05) is 18.1 Å². The van der Waals surface area contributed by atoms with Crippen molar-refractivity contribution < 1.29 is 14.6 Å². The lowest BCUT2D eigenvalue weighted by molar-refractivity contribution is 0.0954. The van der Waals surface area contributed by atoms with Crippen LogP contribution in [0.25, 0.3) is 10.9 Å². The molecule has 3 rings (SSSR count). The van der Waals surface area contributed by atoms with Crippen LogP contribution in [0.4, 0.5) is 0 Å². The quantitative estimate of drug-likeness (QED) is 0.757. The number of ether oxygens (including phenoxy) is 1. The third-order valence-electron chi connectivity index (χ3n) is 3.79. The van der Waals surface area contributed by atoms with Crippen molar-refractivity contribution in [2.24, 2.45) is 0 Å². The van der Waals surface area contributed by atoms with Gasteiger partial charge >= 0.3 is 0 Å². The summed E-state index contributed by atoms with van der Waals surface area (Å²) in [4.78, 5) is 16.6. The summed E-state index contributed by atoms with van der Waals surface area (Å²) in [5.74, 6) is 0.806. The highest BCUT2D eigenvalue weighted by molar-refractivity contribution is 5.97. The molecule has 0 radical (unpaired) electrons. The lowest BCUT2D eigenvalue weighted by Crippen LogP contribution is -2.25. The number of rotatable bonds is 5. The maximum atomic E-state index is 12.3. The molecule has 2 N–H and O–H groups in total. The van der Waals surface area contributed by atoms with E-state index in [0.29, 0.717) is 18.5 Å². The van der Waals surface area contributed by atoms with Crippen molar-refractivity contribution in [3.63, 3.8) is 0 Å². The van der Waals surface area contributed by atoms with E-state index in [1.54, 1.807) is 31.5 Å². The maximum Gasteiger partial charge on any atom is 0.252 e. The third kappa shape index (κ3) is 3.63. The van der Waals surface area contributed by atoms with Gasteiger partial charge in [0.25, 0.3) is 5.91 Å². The Morgan fingerprint density at radius 1 is 1.17 bits per heavy atom. The number of fused-ring (bicyclic) bond motifs is 1. The van der Waals surface area contributed by atoms with Gasteiger partial charge in [-0.25, -0.2) is 0 Å². The zero-order valence-electron chi connectivity index (χ0n) is 13.3. The SMILES string of the molecule is COc1ccc2ncc(C(=O)NCCc3ccc(O)cc3)cc2c1. The lowest BCUT2D eigenvalue weighted by atomic mass is 10.1. The average molecular weight is 322 g/mol. The van der Waals surface area contributed by atoms with Crippen LogP contribution >= 0.6 is 0 Å². The van der Waals surface area contributed by atoms with Gasteiger partial charge in [0.1, 0.15) is 11.5 Å². The number of carbonyl (C=O) groups is 1. The van der Waals surface area contributed by atoms with Crippen LogP contribution in [0.1, 0.15) is 15.9 Å². The molecule has 1 aromatic heterocycles. The van der Waals surface area contributed by atoms with Crippen LogP contribution in [0, 0.1) is 0 Å². The number of phenolic OH excluding ortho intramolecular Hbond substituents is 1. The van der Waals surface area contributed by atoms with Crippen LogP contribution in [-0.4, -0.2) is 29.7 Å². The van der Waals surface area contributed by atoms with E-state index in [9.17, 15) is 9.90 Å². The fourth-order valence-electron chi connectivity index (χ4n) is 2.45. The first-order chi connectivity index (χ1) is 11.7. The molecule has 0 aliphatic carbocycles. The van der Waals surface area contributed by atoms with E-state index in [4.69, 9.17) is 4.74 Å². The highest BCUT2D eigenvalue weighted by Gasteiger charge is 2.07. The standard InChI is InChI=1S/C19H18N2O3/c1-24-17-6-7-18-14(11-17)10-15(12-21-18)19(23)20-9-8-13-2-4-16(22)5-3-13/h2-7,10-12,22H,8-9H2,1H3,(H,20,23). The molecule has 3 aromatic rings. The molecule has 2 aromatic carbocycles. The van der Waals surface area contributed by atoms with Crippen molar-refractivity contribution in [3.05, 3.63) is 65.9 Å². The molecule has 122 valence electrons. The molecule has 0 spiro atoms. The summed E-state index contributed by atoms with van der Waals surface area (Å²) in [7, 11) is 1.61. The zero-order valence-corrected chi connectivity index (χ0v) is 13.3. The van der Waals surface area contributed by atoms with Gasteiger partial charge in [0.05, 0.1) is 18.2 Å². The highest BCUT2D eigenvalue weighted by Crippen LogP contribution is 2.20. The Labute approximate surface area is 139 Å². The summed E-state index contributed by atoms with van der Waals surface area (Å²) in [6.07, 6.45) is 2.27. The number of pyridine rings is 1. The molecule has 0 aliphatic heterocycles. The molecule has 1 amide bonds. The van der Waals surface area contributed by atoms with Crippen LogP contribution in [0.15, 0.2) is 54.7 Å². The summed E-state index contributed by atoms with van der Waals surface area (Å²) in [6, 6.07) is 14.3. The van der Waals surface area contributed by atoms with Crippen molar-refractivity contribution in [3.8, 4) is 11.5 Å². The minimum absolute atomic E-state index is 0.161. The molecular weight excluding hydrogens is 304 g/mol. The van der Waals surface area contributed by atoms with Gasteiger partial charge in [0.15, 0.2) is 0 Å². The van der Waals surface area contributed by atoms with Gasteiger partial charge in [-0.05, 0) is 48.4 Å². The van der Waals surface area contributed by atoms with E-state index in [0.717, 1.165) is 22.2 Å². The van der Waals surface area contributed by atoms with Crippen LogP contribution in [0.3, 0.4) is 0 Å². The number of nitrogens with zero attached hydrogens (tertiary/aromatic N) is 1. The first-order valence-electron chi connectivity index (χ1n) is 7.65. The van der Waals surface area contributed by atoms with Gasteiger partial charge in [-0.15, -0.1) is 0 Å².